The Balaban J connectivity index is 1.60. The van der Waals surface area contributed by atoms with Crippen molar-refractivity contribution in [3.05, 3.63) is 41.2 Å². The third kappa shape index (κ3) is 7.67. The number of carbonyl (C=O) groups excluding carboxylic acids is 5. The smallest absolute Gasteiger partial charge is 0.258 e. The number of aryl methyl sites for hydroxylation is 1. The number of nitrogens with one attached hydrogen (secondary N) is 3. The fraction of sp³-hybridized carbons (Fsp3) is 0.552. The number of likely N-dealkylation sites (N-methyl/N-ethyl adjacent to an activating group) is 1. The first-order chi connectivity index (χ1) is 20.4. The molecule has 3 aliphatic heterocycles. The fourth-order valence-corrected chi connectivity index (χ4v) is 5.15. The second kappa shape index (κ2) is 13.7. The van der Waals surface area contributed by atoms with Gasteiger partial charge in [-0.2, -0.15) is 0 Å². The van der Waals surface area contributed by atoms with Crippen LogP contribution in [0.1, 0.15) is 50.6 Å². The highest BCUT2D eigenvalue weighted by Gasteiger charge is 2.39. The number of hydrogen-bond donors (Lipinski definition) is 3. The van der Waals surface area contributed by atoms with Crippen LogP contribution in [0, 0.1) is 12.8 Å². The Bertz CT molecular complexity index is 1340. The molecular weight excluding hydrogens is 558 g/mol. The topological polar surface area (TPSA) is 176 Å². The molecule has 0 radical (unpaired) electrons. The maximum absolute atomic E-state index is 13.6. The number of carbonyl (C=O) groups is 5. The zero-order valence-corrected chi connectivity index (χ0v) is 25.1. The molecule has 0 unspecified atom stereocenters. The summed E-state index contributed by atoms with van der Waals surface area (Å²) in [6, 6.07) is 3.18. The zero-order chi connectivity index (χ0) is 31.3. The Hall–Kier alpha value is -4.49. The number of fused-ring (bicyclic) bond motifs is 13. The molecule has 2 aromatic rings. The maximum atomic E-state index is 13.6. The Labute approximate surface area is 249 Å². The highest BCUT2D eigenvalue weighted by Crippen LogP contribution is 2.21. The molecule has 5 amide bonds. The van der Waals surface area contributed by atoms with Crippen LogP contribution in [0.15, 0.2) is 28.9 Å². The Morgan fingerprint density at radius 1 is 1.07 bits per heavy atom. The zero-order valence-electron chi connectivity index (χ0n) is 25.1. The molecule has 2 bridgehead atoms. The van der Waals surface area contributed by atoms with Crippen molar-refractivity contribution in [2.75, 3.05) is 20.2 Å². The minimum atomic E-state index is -0.994. The number of amides is 5. The van der Waals surface area contributed by atoms with Gasteiger partial charge in [-0.3, -0.25) is 24.0 Å². The van der Waals surface area contributed by atoms with Crippen molar-refractivity contribution in [2.45, 2.75) is 77.7 Å². The van der Waals surface area contributed by atoms with Crippen molar-refractivity contribution in [1.29, 1.82) is 0 Å². The van der Waals surface area contributed by atoms with E-state index >= 15 is 0 Å². The van der Waals surface area contributed by atoms with E-state index in [4.69, 9.17) is 9.37 Å². The Kier molecular flexibility index (Phi) is 9.99. The van der Waals surface area contributed by atoms with Gasteiger partial charge in [0.2, 0.25) is 23.6 Å². The number of aromatic nitrogens is 2. The Morgan fingerprint density at radius 2 is 1.79 bits per heavy atom. The molecular formula is C29H39N7O7. The monoisotopic (exact) mass is 597 g/mol. The lowest BCUT2D eigenvalue weighted by Gasteiger charge is -2.31. The molecule has 0 spiro atoms. The van der Waals surface area contributed by atoms with E-state index in [9.17, 15) is 24.0 Å². The van der Waals surface area contributed by atoms with Gasteiger partial charge in [0.05, 0.1) is 6.54 Å². The number of benzene rings is 1. The summed E-state index contributed by atoms with van der Waals surface area (Å²) in [7, 11) is 1.58. The summed E-state index contributed by atoms with van der Waals surface area (Å²) >= 11 is 0. The third-order valence-corrected chi connectivity index (χ3v) is 7.70. The van der Waals surface area contributed by atoms with Gasteiger partial charge in [-0.15, -0.1) is 0 Å². The van der Waals surface area contributed by atoms with Gasteiger partial charge in [0, 0.05) is 20.0 Å². The molecule has 232 valence electrons. The average molecular weight is 598 g/mol. The predicted octanol–water partition coefficient (Wildman–Crippen LogP) is 0.0928. The molecule has 0 aliphatic carbocycles. The van der Waals surface area contributed by atoms with E-state index < -0.39 is 41.9 Å². The minimum Gasteiger partial charge on any atom is -0.484 e. The van der Waals surface area contributed by atoms with Crippen LogP contribution in [-0.4, -0.2) is 94.0 Å². The van der Waals surface area contributed by atoms with Crippen LogP contribution >= 0.6 is 0 Å². The quantitative estimate of drug-likeness (QED) is 0.441. The summed E-state index contributed by atoms with van der Waals surface area (Å²) in [4.78, 5) is 69.3. The second-order valence-corrected chi connectivity index (χ2v) is 11.4. The first kappa shape index (κ1) is 31.4. The van der Waals surface area contributed by atoms with E-state index in [1.807, 2.05) is 13.8 Å². The molecule has 1 saturated heterocycles. The first-order valence-electron chi connectivity index (χ1n) is 14.4. The number of rotatable bonds is 4. The summed E-state index contributed by atoms with van der Waals surface area (Å²) in [5.41, 5.74) is 1.76. The lowest BCUT2D eigenvalue weighted by atomic mass is 10.0. The predicted molar refractivity (Wildman–Crippen MR) is 152 cm³/mol. The van der Waals surface area contributed by atoms with Crippen molar-refractivity contribution < 1.29 is 33.3 Å². The van der Waals surface area contributed by atoms with E-state index in [0.717, 1.165) is 5.56 Å². The van der Waals surface area contributed by atoms with Crippen LogP contribution in [0.2, 0.25) is 0 Å². The van der Waals surface area contributed by atoms with Gasteiger partial charge < -0.3 is 30.5 Å². The third-order valence-electron chi connectivity index (χ3n) is 7.70. The van der Waals surface area contributed by atoms with Crippen molar-refractivity contribution in [1.82, 2.24) is 36.1 Å². The number of nitrogens with zero attached hydrogens (tertiary/aromatic N) is 4. The van der Waals surface area contributed by atoms with Gasteiger partial charge in [-0.1, -0.05) is 36.3 Å². The van der Waals surface area contributed by atoms with Crippen molar-refractivity contribution in [3.63, 3.8) is 0 Å². The van der Waals surface area contributed by atoms with Gasteiger partial charge in [-0.25, -0.2) is 4.63 Å². The highest BCUT2D eigenvalue weighted by atomic mass is 16.6. The van der Waals surface area contributed by atoms with E-state index in [2.05, 4.69) is 26.3 Å². The van der Waals surface area contributed by atoms with Crippen molar-refractivity contribution in [2.24, 2.45) is 5.92 Å². The summed E-state index contributed by atoms with van der Waals surface area (Å²) in [5, 5.41) is 15.8. The van der Waals surface area contributed by atoms with E-state index in [1.54, 1.807) is 38.2 Å². The molecule has 43 heavy (non-hydrogen) atoms. The van der Waals surface area contributed by atoms with Crippen LogP contribution in [0.25, 0.3) is 0 Å². The van der Waals surface area contributed by atoms with Crippen LogP contribution in [0.5, 0.6) is 5.75 Å². The summed E-state index contributed by atoms with van der Waals surface area (Å²) in [5.74, 6) is -2.07. The maximum Gasteiger partial charge on any atom is 0.258 e. The molecule has 0 saturated carbocycles. The molecule has 5 rings (SSSR count). The van der Waals surface area contributed by atoms with Crippen LogP contribution < -0.4 is 20.7 Å². The van der Waals surface area contributed by atoms with E-state index in [0.29, 0.717) is 36.5 Å². The van der Waals surface area contributed by atoms with Crippen LogP contribution in [-0.2, 0) is 36.9 Å². The minimum absolute atomic E-state index is 0.116. The van der Waals surface area contributed by atoms with Gasteiger partial charge in [0.15, 0.2) is 6.61 Å². The lowest BCUT2D eigenvalue weighted by molar-refractivity contribution is -0.143. The summed E-state index contributed by atoms with van der Waals surface area (Å²) < 4.78 is 10.4. The van der Waals surface area contributed by atoms with Crippen LogP contribution in [0.3, 0.4) is 0 Å². The average Bonchev–Trinajstić information content (AvgIpc) is 3.63. The molecule has 14 heteroatoms. The normalized spacial score (nSPS) is 23.8. The summed E-state index contributed by atoms with van der Waals surface area (Å²) in [6.07, 6.45) is 1.17. The number of ether oxygens (including phenoxy) is 1. The molecule has 4 atom stereocenters. The van der Waals surface area contributed by atoms with Gasteiger partial charge in [-0.05, 0) is 50.3 Å². The van der Waals surface area contributed by atoms with E-state index in [1.165, 1.54) is 16.7 Å². The number of hydrogen-bond acceptors (Lipinski definition) is 9. The second-order valence-electron chi connectivity index (χ2n) is 11.4. The first-order valence-corrected chi connectivity index (χ1v) is 14.4. The van der Waals surface area contributed by atoms with Gasteiger partial charge in [0.25, 0.3) is 5.91 Å². The largest absolute Gasteiger partial charge is 0.484 e. The summed E-state index contributed by atoms with van der Waals surface area (Å²) in [6.45, 7) is 7.02. The molecule has 1 aromatic heterocycles. The Morgan fingerprint density at radius 3 is 2.44 bits per heavy atom. The SMILES string of the molecule is Cc1nonc1CN(C)C(=O)[C@@H]1Cc2ccc(cc2)OCC(=O)N[C@H](C(C)C)C(=O)N2CCC[C@H]2C(=O)N[C@@H](C)C(=O)N1. The molecule has 3 aliphatic rings. The molecule has 14 nitrogen and oxygen atoms in total. The van der Waals surface area contributed by atoms with Crippen molar-refractivity contribution in [3.8, 4) is 5.75 Å². The highest BCUT2D eigenvalue weighted by molar-refractivity contribution is 5.96. The van der Waals surface area contributed by atoms with Crippen LogP contribution in [0.4, 0.5) is 0 Å². The standard InChI is InChI=1S/C29H39N7O7/c1-16(2)25-29(41)36-12-6-7-23(36)27(39)30-18(4)26(38)31-21(28(40)35(5)14-22-17(3)33-43-34-22)13-19-8-10-20(11-9-19)42-15-24(37)32-25/h8-11,16,18,21,23,25H,6-7,12-15H2,1-5H3,(H,30,39)(H,31,38)(H,32,37)/t18-,21-,23-,25+/m0/s1. The lowest BCUT2D eigenvalue weighted by Crippen LogP contribution is -2.58. The van der Waals surface area contributed by atoms with Crippen molar-refractivity contribution >= 4 is 29.5 Å². The van der Waals surface area contributed by atoms with Gasteiger partial charge in [0.1, 0.15) is 41.3 Å². The fourth-order valence-electron chi connectivity index (χ4n) is 5.15. The van der Waals surface area contributed by atoms with E-state index in [-0.39, 0.29) is 37.3 Å². The van der Waals surface area contributed by atoms with Gasteiger partial charge >= 0.3 is 0 Å². The molecule has 1 aromatic carbocycles. The molecule has 1 fully saturated rings. The molecule has 4 heterocycles. The molecule has 3 N–H and O–H groups in total.